The van der Waals surface area contributed by atoms with Crippen molar-refractivity contribution >= 4 is 41.0 Å². The van der Waals surface area contributed by atoms with Gasteiger partial charge in [-0.2, -0.15) is 0 Å². The highest BCUT2D eigenvalue weighted by Crippen LogP contribution is 2.64. The average molecular weight is 465 g/mol. The van der Waals surface area contributed by atoms with Gasteiger partial charge in [-0.1, -0.05) is 23.2 Å². The summed E-state index contributed by atoms with van der Waals surface area (Å²) in [7, 11) is 0. The number of ether oxygens (including phenoxy) is 1. The number of urea groups is 1. The van der Waals surface area contributed by atoms with Gasteiger partial charge < -0.3 is 15.0 Å². The van der Waals surface area contributed by atoms with E-state index in [4.69, 9.17) is 27.9 Å². The van der Waals surface area contributed by atoms with Crippen LogP contribution in [0.15, 0.2) is 36.5 Å². The van der Waals surface area contributed by atoms with E-state index in [1.54, 1.807) is 17.0 Å². The number of carbonyl (C=O) groups is 2. The monoisotopic (exact) mass is 464 g/mol. The molecule has 1 aliphatic heterocycles. The highest BCUT2D eigenvalue weighted by atomic mass is 35.5. The zero-order chi connectivity index (χ0) is 21.8. The van der Waals surface area contributed by atoms with Gasteiger partial charge in [-0.05, 0) is 43.5 Å². The molecule has 2 bridgehead atoms. The average Bonchev–Trinajstić information content (AvgIpc) is 3.06. The van der Waals surface area contributed by atoms with Gasteiger partial charge in [0.2, 0.25) is 0 Å². The zero-order valence-corrected chi connectivity index (χ0v) is 17.9. The number of aromatic nitrogens is 1. The normalized spacial score (nSPS) is 26.4. The van der Waals surface area contributed by atoms with Crippen LogP contribution in [-0.2, 0) is 4.79 Å². The van der Waals surface area contributed by atoms with E-state index < -0.39 is 5.82 Å². The molecule has 162 valence electrons. The maximum Gasteiger partial charge on any atom is 0.326 e. The second kappa shape index (κ2) is 7.24. The summed E-state index contributed by atoms with van der Waals surface area (Å²) in [6.07, 6.45) is 3.68. The number of nitrogens with zero attached hydrogens (tertiary/aromatic N) is 3. The Balaban J connectivity index is 1.13. The summed E-state index contributed by atoms with van der Waals surface area (Å²) in [5, 5.41) is 3.53. The minimum Gasteiger partial charge on any atom is -0.484 e. The molecular weight excluding hydrogens is 446 g/mol. The molecule has 0 atom stereocenters. The van der Waals surface area contributed by atoms with Crippen molar-refractivity contribution in [2.24, 2.45) is 0 Å². The van der Waals surface area contributed by atoms with Crippen LogP contribution in [0, 0.1) is 5.82 Å². The molecule has 2 heterocycles. The molecular formula is C21H19Cl2FN4O3. The quantitative estimate of drug-likeness (QED) is 0.707. The summed E-state index contributed by atoms with van der Waals surface area (Å²) < 4.78 is 18.8. The molecule has 4 fully saturated rings. The fourth-order valence-corrected chi connectivity index (χ4v) is 5.15. The van der Waals surface area contributed by atoms with Gasteiger partial charge in [0.15, 0.2) is 6.61 Å². The van der Waals surface area contributed by atoms with E-state index in [1.165, 1.54) is 18.3 Å². The molecule has 6 rings (SSSR count). The molecule has 7 nitrogen and oxygen atoms in total. The summed E-state index contributed by atoms with van der Waals surface area (Å²) >= 11 is 11.5. The van der Waals surface area contributed by atoms with E-state index in [0.29, 0.717) is 23.9 Å². The minimum absolute atomic E-state index is 0.00200. The summed E-state index contributed by atoms with van der Waals surface area (Å²) in [6.45, 7) is 0.979. The van der Waals surface area contributed by atoms with Gasteiger partial charge in [-0.15, -0.1) is 0 Å². The Morgan fingerprint density at radius 2 is 1.97 bits per heavy atom. The molecule has 2 aromatic rings. The van der Waals surface area contributed by atoms with Crippen molar-refractivity contribution < 1.29 is 18.7 Å². The molecule has 10 heteroatoms. The lowest BCUT2D eigenvalue weighted by Crippen LogP contribution is -2.84. The molecule has 1 aromatic carbocycles. The first-order valence-electron chi connectivity index (χ1n) is 9.89. The molecule has 4 aliphatic rings. The number of nitrogens with one attached hydrogen (secondary N) is 1. The molecule has 1 N–H and O–H groups in total. The van der Waals surface area contributed by atoms with Gasteiger partial charge in [0.1, 0.15) is 17.4 Å². The number of amides is 3. The van der Waals surface area contributed by atoms with Crippen LogP contribution in [0.1, 0.15) is 19.3 Å². The van der Waals surface area contributed by atoms with E-state index >= 15 is 0 Å². The fourth-order valence-electron chi connectivity index (χ4n) is 4.92. The number of pyridine rings is 1. The summed E-state index contributed by atoms with van der Waals surface area (Å²) in [5.41, 5.74) is -0.496. The largest absolute Gasteiger partial charge is 0.484 e. The van der Waals surface area contributed by atoms with Gasteiger partial charge in [-0.3, -0.25) is 9.69 Å². The number of hydrogen-bond donors (Lipinski definition) is 1. The number of halogens is 3. The zero-order valence-electron chi connectivity index (χ0n) is 16.4. The molecule has 0 spiro atoms. The Morgan fingerprint density at radius 1 is 1.19 bits per heavy atom. The van der Waals surface area contributed by atoms with Crippen LogP contribution in [0.25, 0.3) is 0 Å². The summed E-state index contributed by atoms with van der Waals surface area (Å²) in [6, 6.07) is 7.42. The summed E-state index contributed by atoms with van der Waals surface area (Å²) in [4.78, 5) is 33.0. The van der Waals surface area contributed by atoms with Gasteiger partial charge in [0.05, 0.1) is 15.6 Å². The molecule has 31 heavy (non-hydrogen) atoms. The number of rotatable bonds is 6. The lowest BCUT2D eigenvalue weighted by Gasteiger charge is -2.72. The summed E-state index contributed by atoms with van der Waals surface area (Å²) in [5.74, 6) is -0.0468. The second-order valence-electron chi connectivity index (χ2n) is 8.37. The Labute approximate surface area is 188 Å². The van der Waals surface area contributed by atoms with Crippen molar-refractivity contribution in [3.63, 3.8) is 0 Å². The van der Waals surface area contributed by atoms with Crippen LogP contribution in [0.5, 0.6) is 5.75 Å². The van der Waals surface area contributed by atoms with Gasteiger partial charge in [0, 0.05) is 30.9 Å². The molecule has 1 saturated heterocycles. The van der Waals surface area contributed by atoms with Gasteiger partial charge in [-0.25, -0.2) is 14.2 Å². The number of benzene rings is 1. The lowest BCUT2D eigenvalue weighted by atomic mass is 9.43. The number of anilines is 1. The smallest absolute Gasteiger partial charge is 0.326 e. The van der Waals surface area contributed by atoms with Crippen molar-refractivity contribution in [2.75, 3.05) is 24.6 Å². The predicted molar refractivity (Wildman–Crippen MR) is 113 cm³/mol. The SMILES string of the molecule is O=C(COc1ccc(Cl)c(F)c1)NC12CC(N3CCN(c4ccc(Cl)cn4)C3=O)(C1)C2. The van der Waals surface area contributed by atoms with Crippen molar-refractivity contribution in [1.29, 1.82) is 0 Å². The molecule has 0 unspecified atom stereocenters. The Hall–Kier alpha value is -2.58. The van der Waals surface area contributed by atoms with Crippen LogP contribution in [-0.4, -0.2) is 52.6 Å². The first kappa shape index (κ1) is 20.3. The van der Waals surface area contributed by atoms with E-state index in [-0.39, 0.29) is 40.4 Å². The molecule has 3 aliphatic carbocycles. The van der Waals surface area contributed by atoms with Gasteiger partial charge >= 0.3 is 6.03 Å². The standard InChI is InChI=1S/C21H19Cl2FN4O3/c22-13-1-4-17(25-8-13)27-5-6-28(19(27)30)21-10-20(11-21,12-21)26-18(29)9-31-14-2-3-15(23)16(24)7-14/h1-4,7-8H,5-6,9-12H2,(H,26,29). The Kier molecular flexibility index (Phi) is 4.75. The second-order valence-corrected chi connectivity index (χ2v) is 9.21. The van der Waals surface area contributed by atoms with Gasteiger partial charge in [0.25, 0.3) is 5.91 Å². The Morgan fingerprint density at radius 3 is 2.65 bits per heavy atom. The minimum atomic E-state index is -0.598. The molecule has 1 aromatic heterocycles. The third-order valence-electron chi connectivity index (χ3n) is 6.24. The topological polar surface area (TPSA) is 74.8 Å². The van der Waals surface area contributed by atoms with E-state index in [1.807, 2.05) is 4.90 Å². The first-order valence-corrected chi connectivity index (χ1v) is 10.6. The number of carbonyl (C=O) groups excluding carboxylic acids is 2. The predicted octanol–water partition coefficient (Wildman–Crippen LogP) is 3.64. The van der Waals surface area contributed by atoms with E-state index in [0.717, 1.165) is 25.3 Å². The van der Waals surface area contributed by atoms with Crippen molar-refractivity contribution in [2.45, 2.75) is 30.3 Å². The first-order chi connectivity index (χ1) is 14.8. The molecule has 0 radical (unpaired) electrons. The van der Waals surface area contributed by atoms with Crippen molar-refractivity contribution in [3.05, 3.63) is 52.4 Å². The van der Waals surface area contributed by atoms with Crippen LogP contribution in [0.2, 0.25) is 10.0 Å². The van der Waals surface area contributed by atoms with Crippen LogP contribution in [0.3, 0.4) is 0 Å². The van der Waals surface area contributed by atoms with Crippen LogP contribution in [0.4, 0.5) is 15.0 Å². The third kappa shape index (κ3) is 3.47. The number of hydrogen-bond acceptors (Lipinski definition) is 4. The van der Waals surface area contributed by atoms with E-state index in [9.17, 15) is 14.0 Å². The maximum absolute atomic E-state index is 13.5. The van der Waals surface area contributed by atoms with Crippen LogP contribution >= 0.6 is 23.2 Å². The van der Waals surface area contributed by atoms with Crippen molar-refractivity contribution in [3.8, 4) is 5.75 Å². The highest BCUT2D eigenvalue weighted by Gasteiger charge is 2.72. The van der Waals surface area contributed by atoms with E-state index in [2.05, 4.69) is 10.3 Å². The molecule has 3 saturated carbocycles. The maximum atomic E-state index is 13.5. The van der Waals surface area contributed by atoms with Crippen molar-refractivity contribution in [1.82, 2.24) is 15.2 Å². The Bertz CT molecular complexity index is 1050. The fraction of sp³-hybridized carbons (Fsp3) is 0.381. The molecule has 3 amide bonds. The third-order valence-corrected chi connectivity index (χ3v) is 6.77. The van der Waals surface area contributed by atoms with Crippen LogP contribution < -0.4 is 15.0 Å². The lowest BCUT2D eigenvalue weighted by molar-refractivity contribution is -0.165. The highest BCUT2D eigenvalue weighted by molar-refractivity contribution is 6.30.